The van der Waals surface area contributed by atoms with E-state index in [4.69, 9.17) is 11.6 Å². The second kappa shape index (κ2) is 11.4. The number of hydrogen-bond donors (Lipinski definition) is 0. The van der Waals surface area contributed by atoms with Gasteiger partial charge in [0, 0.05) is 11.1 Å². The van der Waals surface area contributed by atoms with Gasteiger partial charge in [0.1, 0.15) is 0 Å². The molecule has 0 N–H and O–H groups in total. The van der Waals surface area contributed by atoms with E-state index >= 15 is 0 Å². The number of halogens is 4. The summed E-state index contributed by atoms with van der Waals surface area (Å²) < 4.78 is 43.1. The van der Waals surface area contributed by atoms with Gasteiger partial charge in [-0.3, -0.25) is 28.8 Å². The molecule has 4 aromatic rings. The van der Waals surface area contributed by atoms with Crippen molar-refractivity contribution in [1.82, 2.24) is 24.6 Å². The highest BCUT2D eigenvalue weighted by molar-refractivity contribution is 6.35. The van der Waals surface area contributed by atoms with Crippen LogP contribution in [0.3, 0.4) is 0 Å². The highest BCUT2D eigenvalue weighted by atomic mass is 35.5. The lowest BCUT2D eigenvalue weighted by atomic mass is 9.98. The number of carbonyl (C=O) groups excluding carboxylic acids is 3. The smallest absolute Gasteiger partial charge is 0.296 e. The fourth-order valence-corrected chi connectivity index (χ4v) is 5.78. The van der Waals surface area contributed by atoms with E-state index in [1.54, 1.807) is 36.4 Å². The molecule has 3 aromatic carbocycles. The first-order chi connectivity index (χ1) is 20.6. The standard InChI is InChI=1S/C31H25ClF3N5O3/c32-24-11-5-4-10-22(24)28(41)23-16-19(31(33,34)35)12-13-25(23)40-26(17-38-14-6-1-7-15-38)36-37-27(40)18-39-29(42)20-8-2-3-9-21(20)30(39)43/h2-5,8-13,16H,1,6-7,14-15,17-18H2. The molecule has 1 aromatic heterocycles. The van der Waals surface area contributed by atoms with Gasteiger partial charge < -0.3 is 0 Å². The van der Waals surface area contributed by atoms with Gasteiger partial charge in [-0.1, -0.05) is 42.3 Å². The number of benzene rings is 3. The molecule has 6 rings (SSSR count). The molecular formula is C31H25ClF3N5O3. The lowest BCUT2D eigenvalue weighted by Gasteiger charge is -2.26. The van der Waals surface area contributed by atoms with Crippen LogP contribution in [-0.4, -0.2) is 55.3 Å². The predicted molar refractivity (Wildman–Crippen MR) is 151 cm³/mol. The third-order valence-electron chi connectivity index (χ3n) is 7.72. The minimum absolute atomic E-state index is 0.0253. The van der Waals surface area contributed by atoms with Gasteiger partial charge >= 0.3 is 6.18 Å². The summed E-state index contributed by atoms with van der Waals surface area (Å²) in [4.78, 5) is 43.4. The summed E-state index contributed by atoms with van der Waals surface area (Å²) in [7, 11) is 0. The van der Waals surface area contributed by atoms with Crippen LogP contribution in [-0.2, 0) is 19.3 Å². The molecular weight excluding hydrogens is 583 g/mol. The van der Waals surface area contributed by atoms with Crippen LogP contribution >= 0.6 is 11.6 Å². The summed E-state index contributed by atoms with van der Waals surface area (Å²) in [6.07, 6.45) is -1.68. The van der Waals surface area contributed by atoms with Gasteiger partial charge in [-0.15, -0.1) is 10.2 Å². The van der Waals surface area contributed by atoms with Crippen molar-refractivity contribution in [2.45, 2.75) is 38.5 Å². The number of carbonyl (C=O) groups is 3. The summed E-state index contributed by atoms with van der Waals surface area (Å²) in [6, 6.07) is 15.4. The van der Waals surface area contributed by atoms with E-state index < -0.39 is 29.3 Å². The van der Waals surface area contributed by atoms with E-state index in [2.05, 4.69) is 15.1 Å². The van der Waals surface area contributed by atoms with E-state index in [-0.39, 0.29) is 45.3 Å². The highest BCUT2D eigenvalue weighted by Gasteiger charge is 2.37. The van der Waals surface area contributed by atoms with Gasteiger partial charge in [-0.2, -0.15) is 13.2 Å². The van der Waals surface area contributed by atoms with E-state index in [1.165, 1.54) is 22.8 Å². The van der Waals surface area contributed by atoms with Crippen molar-refractivity contribution < 1.29 is 27.6 Å². The Kier molecular flexibility index (Phi) is 7.61. The number of fused-ring (bicyclic) bond motifs is 1. The number of ketones is 1. The molecule has 8 nitrogen and oxygen atoms in total. The summed E-state index contributed by atoms with van der Waals surface area (Å²) >= 11 is 6.29. The fraction of sp³-hybridized carbons (Fsp3) is 0.258. The van der Waals surface area contributed by atoms with Gasteiger partial charge in [0.2, 0.25) is 0 Å². The fourth-order valence-electron chi connectivity index (χ4n) is 5.56. The van der Waals surface area contributed by atoms with Crippen LogP contribution in [0.2, 0.25) is 5.02 Å². The summed E-state index contributed by atoms with van der Waals surface area (Å²) in [5.74, 6) is -1.29. The van der Waals surface area contributed by atoms with E-state index in [0.717, 1.165) is 49.4 Å². The van der Waals surface area contributed by atoms with Crippen molar-refractivity contribution in [2.24, 2.45) is 0 Å². The Balaban J connectivity index is 1.49. The molecule has 1 fully saturated rings. The van der Waals surface area contributed by atoms with E-state index in [0.29, 0.717) is 12.4 Å². The van der Waals surface area contributed by atoms with Crippen molar-refractivity contribution in [3.8, 4) is 5.69 Å². The minimum atomic E-state index is -4.72. The SMILES string of the molecule is O=C(c1ccccc1Cl)c1cc(C(F)(F)F)ccc1-n1c(CN2CCCCC2)nnc1CN1C(=O)c2ccccc2C1=O. The zero-order valence-corrected chi connectivity index (χ0v) is 23.5. The molecule has 2 aliphatic rings. The van der Waals surface area contributed by atoms with Crippen molar-refractivity contribution in [2.75, 3.05) is 13.1 Å². The maximum atomic E-state index is 13.9. The average Bonchev–Trinajstić information content (AvgIpc) is 3.50. The number of aromatic nitrogens is 3. The quantitative estimate of drug-likeness (QED) is 0.191. The van der Waals surface area contributed by atoms with Crippen LogP contribution in [0, 0.1) is 0 Å². The first-order valence-corrected chi connectivity index (χ1v) is 14.1. The van der Waals surface area contributed by atoms with Gasteiger partial charge in [0.15, 0.2) is 17.4 Å². The second-order valence-electron chi connectivity index (χ2n) is 10.5. The molecule has 2 aliphatic heterocycles. The van der Waals surface area contributed by atoms with Gasteiger partial charge in [-0.05, 0) is 68.4 Å². The van der Waals surface area contributed by atoms with Crippen molar-refractivity contribution in [1.29, 1.82) is 0 Å². The summed E-state index contributed by atoms with van der Waals surface area (Å²) in [6.45, 7) is 1.58. The van der Waals surface area contributed by atoms with Crippen LogP contribution in [0.25, 0.3) is 5.69 Å². The Bertz CT molecular complexity index is 1710. The molecule has 1 saturated heterocycles. The topological polar surface area (TPSA) is 88.4 Å². The normalized spacial score (nSPS) is 15.7. The molecule has 3 heterocycles. The molecule has 43 heavy (non-hydrogen) atoms. The Morgan fingerprint density at radius 3 is 2.02 bits per heavy atom. The molecule has 2 amide bonds. The average molecular weight is 608 g/mol. The Labute approximate surface area is 249 Å². The number of imide groups is 1. The first kappa shape index (κ1) is 28.8. The molecule has 0 radical (unpaired) electrons. The number of nitrogens with zero attached hydrogens (tertiary/aromatic N) is 5. The van der Waals surface area contributed by atoms with E-state index in [1.807, 2.05) is 0 Å². The first-order valence-electron chi connectivity index (χ1n) is 13.7. The van der Waals surface area contributed by atoms with Crippen LogP contribution in [0.4, 0.5) is 13.2 Å². The number of hydrogen-bond acceptors (Lipinski definition) is 6. The Morgan fingerprint density at radius 1 is 0.791 bits per heavy atom. The second-order valence-corrected chi connectivity index (χ2v) is 10.9. The van der Waals surface area contributed by atoms with Crippen molar-refractivity contribution in [3.63, 3.8) is 0 Å². The van der Waals surface area contributed by atoms with E-state index in [9.17, 15) is 27.6 Å². The molecule has 220 valence electrons. The number of likely N-dealkylation sites (tertiary alicyclic amines) is 1. The maximum Gasteiger partial charge on any atom is 0.416 e. The monoisotopic (exact) mass is 607 g/mol. The number of amides is 2. The maximum absolute atomic E-state index is 13.9. The van der Waals surface area contributed by atoms with Crippen molar-refractivity contribution >= 4 is 29.2 Å². The zero-order chi connectivity index (χ0) is 30.3. The Hall–Kier alpha value is -4.35. The molecule has 12 heteroatoms. The molecule has 0 unspecified atom stereocenters. The summed E-state index contributed by atoms with van der Waals surface area (Å²) in [5, 5.41) is 8.73. The lowest BCUT2D eigenvalue weighted by Crippen LogP contribution is -2.32. The minimum Gasteiger partial charge on any atom is -0.296 e. The van der Waals surface area contributed by atoms with Crippen LogP contribution in [0.15, 0.2) is 66.7 Å². The number of rotatable bonds is 7. The number of alkyl halides is 3. The predicted octanol–water partition coefficient (Wildman–Crippen LogP) is 5.95. The zero-order valence-electron chi connectivity index (χ0n) is 22.8. The molecule has 0 saturated carbocycles. The molecule has 0 spiro atoms. The lowest BCUT2D eigenvalue weighted by molar-refractivity contribution is -0.137. The Morgan fingerprint density at radius 2 is 1.40 bits per heavy atom. The van der Waals surface area contributed by atoms with Gasteiger partial charge in [0.25, 0.3) is 11.8 Å². The van der Waals surface area contributed by atoms with Crippen LogP contribution in [0.1, 0.15) is 73.1 Å². The van der Waals surface area contributed by atoms with Crippen LogP contribution in [0.5, 0.6) is 0 Å². The van der Waals surface area contributed by atoms with Crippen LogP contribution < -0.4 is 0 Å². The third kappa shape index (κ3) is 5.46. The third-order valence-corrected chi connectivity index (χ3v) is 8.05. The summed E-state index contributed by atoms with van der Waals surface area (Å²) in [5.41, 5.74) is -0.684. The molecule has 0 aliphatic carbocycles. The number of piperidine rings is 1. The molecule has 0 bridgehead atoms. The highest BCUT2D eigenvalue weighted by Crippen LogP contribution is 2.34. The van der Waals surface area contributed by atoms with Gasteiger partial charge in [-0.25, -0.2) is 0 Å². The van der Waals surface area contributed by atoms with Crippen molar-refractivity contribution in [3.05, 3.63) is 111 Å². The van der Waals surface area contributed by atoms with Gasteiger partial charge in [0.05, 0.1) is 40.5 Å². The molecule has 0 atom stereocenters. The largest absolute Gasteiger partial charge is 0.416 e.